The molecule has 114 valence electrons. The van der Waals surface area contributed by atoms with Gasteiger partial charge in [0.05, 0.1) is 12.3 Å². The minimum atomic E-state index is -3.17. The second-order valence-corrected chi connectivity index (χ2v) is 6.28. The van der Waals surface area contributed by atoms with Gasteiger partial charge in [0.15, 0.2) is 5.82 Å². The molecule has 0 fully saturated rings. The Hall–Kier alpha value is -1.68. The highest BCUT2D eigenvalue weighted by Crippen LogP contribution is 2.06. The van der Waals surface area contributed by atoms with Gasteiger partial charge in [0, 0.05) is 20.1 Å². The molecular formula is C10H20N6O3S. The van der Waals surface area contributed by atoms with Crippen LogP contribution in [0.3, 0.4) is 0 Å². The average Bonchev–Trinajstić information content (AvgIpc) is 2.73. The van der Waals surface area contributed by atoms with Crippen molar-refractivity contribution in [3.05, 3.63) is 12.2 Å². The zero-order valence-electron chi connectivity index (χ0n) is 11.8. The highest BCUT2D eigenvalue weighted by Gasteiger charge is 2.13. The molecule has 1 aromatic heterocycles. The van der Waals surface area contributed by atoms with Crippen molar-refractivity contribution < 1.29 is 13.2 Å². The number of sulfonamides is 1. The van der Waals surface area contributed by atoms with Crippen molar-refractivity contribution in [3.63, 3.8) is 0 Å². The Morgan fingerprint density at radius 2 is 2.15 bits per heavy atom. The number of nitrogens with one attached hydrogen (secondary N) is 3. The van der Waals surface area contributed by atoms with Crippen LogP contribution in [0, 0.1) is 0 Å². The Labute approximate surface area is 118 Å². The molecule has 0 spiro atoms. The lowest BCUT2D eigenvalue weighted by molar-refractivity contribution is 0.237. The van der Waals surface area contributed by atoms with Crippen molar-refractivity contribution in [1.29, 1.82) is 0 Å². The molecule has 0 saturated heterocycles. The standard InChI is InChI=1S/C10H20N6O3S/c1-8(9-15-12-7-16(9)2)14-10(17)11-5-4-6-13-20(3,18)19/h7-8,13H,4-6H2,1-3H3,(H2,11,14,17)/t8-/m0/s1. The summed E-state index contributed by atoms with van der Waals surface area (Å²) in [5, 5.41) is 13.0. The van der Waals surface area contributed by atoms with Gasteiger partial charge in [-0.3, -0.25) is 0 Å². The molecule has 1 rings (SSSR count). The van der Waals surface area contributed by atoms with Crippen LogP contribution < -0.4 is 15.4 Å². The second kappa shape index (κ2) is 7.20. The molecule has 0 aliphatic rings. The summed E-state index contributed by atoms with van der Waals surface area (Å²) in [6.07, 6.45) is 3.16. The van der Waals surface area contributed by atoms with E-state index < -0.39 is 10.0 Å². The lowest BCUT2D eigenvalue weighted by Crippen LogP contribution is -2.39. The Kier molecular flexibility index (Phi) is 5.89. The third-order valence-electron chi connectivity index (χ3n) is 2.48. The minimum absolute atomic E-state index is 0.267. The topological polar surface area (TPSA) is 118 Å². The van der Waals surface area contributed by atoms with E-state index in [1.54, 1.807) is 24.9 Å². The van der Waals surface area contributed by atoms with Crippen LogP contribution in [0.2, 0.25) is 0 Å². The Morgan fingerprint density at radius 1 is 1.45 bits per heavy atom. The SMILES string of the molecule is C[C@H](NC(=O)NCCCNS(C)(=O)=O)c1nncn1C. The van der Waals surface area contributed by atoms with Crippen LogP contribution in [0.5, 0.6) is 0 Å². The van der Waals surface area contributed by atoms with E-state index in [0.29, 0.717) is 18.8 Å². The van der Waals surface area contributed by atoms with E-state index in [-0.39, 0.29) is 18.6 Å². The molecule has 0 bridgehead atoms. The van der Waals surface area contributed by atoms with E-state index in [1.165, 1.54) is 0 Å². The summed E-state index contributed by atoms with van der Waals surface area (Å²) >= 11 is 0. The van der Waals surface area contributed by atoms with Crippen molar-refractivity contribution in [1.82, 2.24) is 30.1 Å². The van der Waals surface area contributed by atoms with Crippen LogP contribution in [0.25, 0.3) is 0 Å². The number of aryl methyl sites for hydroxylation is 1. The van der Waals surface area contributed by atoms with Gasteiger partial charge in [0.2, 0.25) is 10.0 Å². The first kappa shape index (κ1) is 16.4. The van der Waals surface area contributed by atoms with Gasteiger partial charge in [-0.1, -0.05) is 0 Å². The van der Waals surface area contributed by atoms with Gasteiger partial charge in [0.1, 0.15) is 6.33 Å². The molecule has 0 aliphatic carbocycles. The number of carbonyl (C=O) groups excluding carboxylic acids is 1. The van der Waals surface area contributed by atoms with Gasteiger partial charge in [-0.05, 0) is 13.3 Å². The fourth-order valence-electron chi connectivity index (χ4n) is 1.54. The lowest BCUT2D eigenvalue weighted by atomic mass is 10.3. The van der Waals surface area contributed by atoms with E-state index >= 15 is 0 Å². The number of amides is 2. The molecule has 0 radical (unpaired) electrons. The molecule has 2 amide bonds. The lowest BCUT2D eigenvalue weighted by Gasteiger charge is -2.13. The maximum Gasteiger partial charge on any atom is 0.315 e. The summed E-state index contributed by atoms with van der Waals surface area (Å²) in [6, 6.07) is -0.600. The first-order chi connectivity index (χ1) is 9.29. The third kappa shape index (κ3) is 5.97. The largest absolute Gasteiger partial charge is 0.338 e. The molecule has 3 N–H and O–H groups in total. The van der Waals surface area contributed by atoms with Crippen LogP contribution in [0.15, 0.2) is 6.33 Å². The number of carbonyl (C=O) groups is 1. The summed E-state index contributed by atoms with van der Waals surface area (Å²) in [4.78, 5) is 11.6. The summed E-state index contributed by atoms with van der Waals surface area (Å²) in [6.45, 7) is 2.46. The predicted molar refractivity (Wildman–Crippen MR) is 73.4 cm³/mol. The maximum atomic E-state index is 11.6. The Bertz CT molecular complexity index is 541. The van der Waals surface area contributed by atoms with Crippen LogP contribution in [0.1, 0.15) is 25.2 Å². The number of rotatable bonds is 7. The first-order valence-corrected chi connectivity index (χ1v) is 8.01. The average molecular weight is 304 g/mol. The maximum absolute atomic E-state index is 11.6. The van der Waals surface area contributed by atoms with Gasteiger partial charge < -0.3 is 15.2 Å². The van der Waals surface area contributed by atoms with Crippen molar-refractivity contribution in [3.8, 4) is 0 Å². The number of urea groups is 1. The van der Waals surface area contributed by atoms with Gasteiger partial charge in [-0.2, -0.15) is 0 Å². The summed E-state index contributed by atoms with van der Waals surface area (Å²) < 4.78 is 25.7. The van der Waals surface area contributed by atoms with Gasteiger partial charge in [-0.15, -0.1) is 10.2 Å². The van der Waals surface area contributed by atoms with Crippen molar-refractivity contribution >= 4 is 16.1 Å². The van der Waals surface area contributed by atoms with Crippen LogP contribution in [0.4, 0.5) is 4.79 Å². The highest BCUT2D eigenvalue weighted by atomic mass is 32.2. The second-order valence-electron chi connectivity index (χ2n) is 4.44. The van der Waals surface area contributed by atoms with E-state index in [1.807, 2.05) is 0 Å². The zero-order valence-corrected chi connectivity index (χ0v) is 12.6. The van der Waals surface area contributed by atoms with E-state index in [2.05, 4.69) is 25.6 Å². The molecular weight excluding hydrogens is 284 g/mol. The third-order valence-corrected chi connectivity index (χ3v) is 3.21. The van der Waals surface area contributed by atoms with Crippen LogP contribution in [-0.2, 0) is 17.1 Å². The summed E-state index contributed by atoms with van der Waals surface area (Å²) in [5.41, 5.74) is 0. The van der Waals surface area contributed by atoms with Gasteiger partial charge in [0.25, 0.3) is 0 Å². The molecule has 0 aromatic carbocycles. The first-order valence-electron chi connectivity index (χ1n) is 6.12. The molecule has 9 nitrogen and oxygen atoms in total. The minimum Gasteiger partial charge on any atom is -0.338 e. The number of nitrogens with zero attached hydrogens (tertiary/aromatic N) is 3. The number of hydrogen-bond acceptors (Lipinski definition) is 5. The molecule has 10 heteroatoms. The quantitative estimate of drug-likeness (QED) is 0.565. The molecule has 1 atom stereocenters. The van der Waals surface area contributed by atoms with Crippen LogP contribution in [-0.4, -0.2) is 48.6 Å². The summed E-state index contributed by atoms with van der Waals surface area (Å²) in [7, 11) is -1.38. The number of aromatic nitrogens is 3. The smallest absolute Gasteiger partial charge is 0.315 e. The fraction of sp³-hybridized carbons (Fsp3) is 0.700. The van der Waals surface area contributed by atoms with Crippen molar-refractivity contribution in [2.75, 3.05) is 19.3 Å². The monoisotopic (exact) mass is 304 g/mol. The van der Waals surface area contributed by atoms with Gasteiger partial charge >= 0.3 is 6.03 Å². The molecule has 0 unspecified atom stereocenters. The fourth-order valence-corrected chi connectivity index (χ4v) is 2.06. The Morgan fingerprint density at radius 3 is 2.70 bits per heavy atom. The molecule has 20 heavy (non-hydrogen) atoms. The molecule has 0 saturated carbocycles. The molecule has 1 aromatic rings. The Balaban J connectivity index is 2.22. The van der Waals surface area contributed by atoms with Crippen molar-refractivity contribution in [2.45, 2.75) is 19.4 Å². The summed E-state index contributed by atoms with van der Waals surface area (Å²) in [5.74, 6) is 0.652. The predicted octanol–water partition coefficient (Wildman–Crippen LogP) is -0.885. The van der Waals surface area contributed by atoms with Crippen molar-refractivity contribution in [2.24, 2.45) is 7.05 Å². The zero-order chi connectivity index (χ0) is 15.2. The van der Waals surface area contributed by atoms with Crippen LogP contribution >= 0.6 is 0 Å². The van der Waals surface area contributed by atoms with E-state index in [9.17, 15) is 13.2 Å². The molecule has 1 heterocycles. The van der Waals surface area contributed by atoms with E-state index in [0.717, 1.165) is 6.26 Å². The normalized spacial score (nSPS) is 12.9. The van der Waals surface area contributed by atoms with E-state index in [4.69, 9.17) is 0 Å². The highest BCUT2D eigenvalue weighted by molar-refractivity contribution is 7.88. The molecule has 0 aliphatic heterocycles. The number of hydrogen-bond donors (Lipinski definition) is 3. The van der Waals surface area contributed by atoms with Gasteiger partial charge in [-0.25, -0.2) is 17.9 Å².